The summed E-state index contributed by atoms with van der Waals surface area (Å²) in [5, 5.41) is 6.28. The summed E-state index contributed by atoms with van der Waals surface area (Å²) >= 11 is 3.44. The molecule has 0 saturated heterocycles. The van der Waals surface area contributed by atoms with Crippen molar-refractivity contribution in [3.05, 3.63) is 64.1 Å². The molecule has 0 aliphatic carbocycles. The van der Waals surface area contributed by atoms with Gasteiger partial charge >= 0.3 is 0 Å². The third-order valence-corrected chi connectivity index (χ3v) is 4.60. The molecule has 2 atom stereocenters. The summed E-state index contributed by atoms with van der Waals surface area (Å²) in [7, 11) is 0. The van der Waals surface area contributed by atoms with Gasteiger partial charge in [-0.1, -0.05) is 43.3 Å². The molecule has 4 heteroatoms. The van der Waals surface area contributed by atoms with Gasteiger partial charge in [-0.05, 0) is 59.5 Å². The van der Waals surface area contributed by atoms with Crippen LogP contribution in [0.1, 0.15) is 37.9 Å². The summed E-state index contributed by atoms with van der Waals surface area (Å²) in [6.45, 7) is 6.09. The molecule has 3 nitrogen and oxygen atoms in total. The van der Waals surface area contributed by atoms with Crippen LogP contribution in [0.3, 0.4) is 0 Å². The van der Waals surface area contributed by atoms with Gasteiger partial charge in [0.1, 0.15) is 0 Å². The number of aryl methyl sites for hydroxylation is 1. The summed E-state index contributed by atoms with van der Waals surface area (Å²) in [5.74, 6) is -0.0473. The first-order chi connectivity index (χ1) is 11.0. The SMILES string of the molecule is CCc1ccc(C(C)NC(C)C(=O)Nc2ccccc2Br)cc1. The predicted octanol–water partition coefficient (Wildman–Crippen LogP) is 4.69. The number of hydrogen-bond donors (Lipinski definition) is 2. The number of nitrogens with one attached hydrogen (secondary N) is 2. The minimum atomic E-state index is -0.289. The van der Waals surface area contributed by atoms with Crippen LogP contribution in [0.4, 0.5) is 5.69 Å². The summed E-state index contributed by atoms with van der Waals surface area (Å²) < 4.78 is 0.878. The number of halogens is 1. The van der Waals surface area contributed by atoms with Gasteiger partial charge in [0, 0.05) is 10.5 Å². The zero-order chi connectivity index (χ0) is 16.8. The molecule has 0 spiro atoms. The average molecular weight is 375 g/mol. The molecule has 2 N–H and O–H groups in total. The fourth-order valence-electron chi connectivity index (χ4n) is 2.39. The Morgan fingerprint density at radius 2 is 1.74 bits per heavy atom. The summed E-state index contributed by atoms with van der Waals surface area (Å²) in [6.07, 6.45) is 1.03. The van der Waals surface area contributed by atoms with Crippen LogP contribution < -0.4 is 10.6 Å². The maximum Gasteiger partial charge on any atom is 0.241 e. The third-order valence-electron chi connectivity index (χ3n) is 3.91. The van der Waals surface area contributed by atoms with E-state index in [0.29, 0.717) is 0 Å². The average Bonchev–Trinajstić information content (AvgIpc) is 2.56. The summed E-state index contributed by atoms with van der Waals surface area (Å²) in [5.41, 5.74) is 3.29. The molecule has 0 aliphatic heterocycles. The Morgan fingerprint density at radius 1 is 1.09 bits per heavy atom. The molecule has 0 bridgehead atoms. The molecule has 0 saturated carbocycles. The van der Waals surface area contributed by atoms with E-state index in [1.807, 2.05) is 31.2 Å². The van der Waals surface area contributed by atoms with Crippen LogP contribution in [-0.4, -0.2) is 11.9 Å². The Kier molecular flexibility index (Phi) is 6.37. The molecule has 23 heavy (non-hydrogen) atoms. The smallest absolute Gasteiger partial charge is 0.241 e. The number of anilines is 1. The van der Waals surface area contributed by atoms with Gasteiger partial charge in [-0.15, -0.1) is 0 Å². The van der Waals surface area contributed by atoms with Gasteiger partial charge in [0.15, 0.2) is 0 Å². The van der Waals surface area contributed by atoms with Crippen LogP contribution in [0.15, 0.2) is 53.0 Å². The quantitative estimate of drug-likeness (QED) is 0.769. The van der Waals surface area contributed by atoms with E-state index >= 15 is 0 Å². The zero-order valence-corrected chi connectivity index (χ0v) is 15.4. The largest absolute Gasteiger partial charge is 0.324 e. The second-order valence-electron chi connectivity index (χ2n) is 5.67. The lowest BCUT2D eigenvalue weighted by Crippen LogP contribution is -2.39. The molecule has 1 amide bonds. The van der Waals surface area contributed by atoms with Crippen LogP contribution >= 0.6 is 15.9 Å². The Labute approximate surface area is 146 Å². The molecule has 2 aromatic rings. The highest BCUT2D eigenvalue weighted by atomic mass is 79.9. The fraction of sp³-hybridized carbons (Fsp3) is 0.316. The number of benzene rings is 2. The summed E-state index contributed by atoms with van der Waals surface area (Å²) in [4.78, 5) is 12.3. The first-order valence-corrected chi connectivity index (χ1v) is 8.70. The first-order valence-electron chi connectivity index (χ1n) is 7.91. The van der Waals surface area contributed by atoms with Crippen LogP contribution in [0, 0.1) is 0 Å². The zero-order valence-electron chi connectivity index (χ0n) is 13.8. The normalized spacial score (nSPS) is 13.4. The highest BCUT2D eigenvalue weighted by molar-refractivity contribution is 9.10. The highest BCUT2D eigenvalue weighted by Crippen LogP contribution is 2.21. The number of carbonyl (C=O) groups excluding carboxylic acids is 1. The minimum absolute atomic E-state index is 0.0473. The van der Waals surface area contributed by atoms with E-state index in [-0.39, 0.29) is 18.0 Å². The number of hydrogen-bond acceptors (Lipinski definition) is 2. The van der Waals surface area contributed by atoms with E-state index in [1.165, 1.54) is 11.1 Å². The minimum Gasteiger partial charge on any atom is -0.324 e. The van der Waals surface area contributed by atoms with Crippen LogP contribution in [0.5, 0.6) is 0 Å². The number of amides is 1. The molecule has 0 radical (unpaired) electrons. The van der Waals surface area contributed by atoms with E-state index < -0.39 is 0 Å². The van der Waals surface area contributed by atoms with Crippen molar-refractivity contribution in [3.63, 3.8) is 0 Å². The van der Waals surface area contributed by atoms with Crippen molar-refractivity contribution in [1.29, 1.82) is 0 Å². The van der Waals surface area contributed by atoms with Crippen molar-refractivity contribution in [2.24, 2.45) is 0 Å². The Balaban J connectivity index is 1.95. The Hall–Kier alpha value is -1.65. The molecule has 2 rings (SSSR count). The highest BCUT2D eigenvalue weighted by Gasteiger charge is 2.17. The van der Waals surface area contributed by atoms with Gasteiger partial charge in [-0.2, -0.15) is 0 Å². The molecule has 0 heterocycles. The van der Waals surface area contributed by atoms with E-state index in [0.717, 1.165) is 16.6 Å². The van der Waals surface area contributed by atoms with Crippen LogP contribution in [0.25, 0.3) is 0 Å². The molecule has 0 fully saturated rings. The van der Waals surface area contributed by atoms with Gasteiger partial charge in [0.2, 0.25) is 5.91 Å². The predicted molar refractivity (Wildman–Crippen MR) is 99.6 cm³/mol. The van der Waals surface area contributed by atoms with Crippen molar-refractivity contribution in [2.45, 2.75) is 39.3 Å². The molecule has 0 aromatic heterocycles. The molecule has 122 valence electrons. The van der Waals surface area contributed by atoms with Crippen molar-refractivity contribution in [3.8, 4) is 0 Å². The Morgan fingerprint density at radius 3 is 2.35 bits per heavy atom. The molecular weight excluding hydrogens is 352 g/mol. The van der Waals surface area contributed by atoms with Crippen molar-refractivity contribution < 1.29 is 4.79 Å². The second-order valence-corrected chi connectivity index (χ2v) is 6.53. The van der Waals surface area contributed by atoms with E-state index in [2.05, 4.69) is 64.7 Å². The fourth-order valence-corrected chi connectivity index (χ4v) is 2.78. The lowest BCUT2D eigenvalue weighted by atomic mass is 10.0. The lowest BCUT2D eigenvalue weighted by molar-refractivity contribution is -0.117. The van der Waals surface area contributed by atoms with Crippen LogP contribution in [0.2, 0.25) is 0 Å². The molecule has 0 aliphatic rings. The van der Waals surface area contributed by atoms with E-state index in [1.54, 1.807) is 0 Å². The van der Waals surface area contributed by atoms with Gasteiger partial charge in [0.05, 0.1) is 11.7 Å². The first kappa shape index (κ1) is 17.7. The maximum atomic E-state index is 12.3. The van der Waals surface area contributed by atoms with Gasteiger partial charge < -0.3 is 5.32 Å². The van der Waals surface area contributed by atoms with Gasteiger partial charge in [0.25, 0.3) is 0 Å². The number of para-hydroxylation sites is 1. The lowest BCUT2D eigenvalue weighted by Gasteiger charge is -2.20. The van der Waals surface area contributed by atoms with Crippen molar-refractivity contribution >= 4 is 27.5 Å². The second kappa shape index (κ2) is 8.27. The van der Waals surface area contributed by atoms with Crippen LogP contribution in [-0.2, 0) is 11.2 Å². The molecule has 2 aromatic carbocycles. The van der Waals surface area contributed by atoms with Gasteiger partial charge in [-0.25, -0.2) is 0 Å². The standard InChI is InChI=1S/C19H23BrN2O/c1-4-15-9-11-16(12-10-15)13(2)21-14(3)19(23)22-18-8-6-5-7-17(18)20/h5-14,21H,4H2,1-3H3,(H,22,23). The maximum absolute atomic E-state index is 12.3. The topological polar surface area (TPSA) is 41.1 Å². The molecule has 2 unspecified atom stereocenters. The Bertz CT molecular complexity index is 655. The van der Waals surface area contributed by atoms with Gasteiger partial charge in [-0.3, -0.25) is 10.1 Å². The van der Waals surface area contributed by atoms with Crippen molar-refractivity contribution in [1.82, 2.24) is 5.32 Å². The van der Waals surface area contributed by atoms with E-state index in [9.17, 15) is 4.79 Å². The number of rotatable bonds is 6. The third kappa shape index (κ3) is 4.91. The van der Waals surface area contributed by atoms with Crippen molar-refractivity contribution in [2.75, 3.05) is 5.32 Å². The molecular formula is C19H23BrN2O. The number of carbonyl (C=O) groups is 1. The van der Waals surface area contributed by atoms with E-state index in [4.69, 9.17) is 0 Å². The monoisotopic (exact) mass is 374 g/mol. The summed E-state index contributed by atoms with van der Waals surface area (Å²) in [6, 6.07) is 15.9.